The average Bonchev–Trinajstić information content (AvgIpc) is 3.25. The van der Waals surface area contributed by atoms with Gasteiger partial charge in [-0.15, -0.1) is 0 Å². The van der Waals surface area contributed by atoms with E-state index >= 15 is 0 Å². The SMILES string of the molecule is O=C(Nc1ccc2ccccc2c1)c1ccc(NC[C@@H]2CCCO2)c([N+](=O)[O-])c1. The number of hydrogen-bond donors (Lipinski definition) is 2. The first kappa shape index (κ1) is 18.9. The molecule has 0 spiro atoms. The van der Waals surface area contributed by atoms with Gasteiger partial charge in [0.2, 0.25) is 0 Å². The Morgan fingerprint density at radius 2 is 1.93 bits per heavy atom. The van der Waals surface area contributed by atoms with Crippen molar-refractivity contribution < 1.29 is 14.5 Å². The molecule has 148 valence electrons. The molecule has 0 aromatic heterocycles. The number of nitro groups is 1. The van der Waals surface area contributed by atoms with Gasteiger partial charge in [-0.25, -0.2) is 0 Å². The zero-order chi connectivity index (χ0) is 20.2. The predicted octanol–water partition coefficient (Wildman–Crippen LogP) is 4.59. The van der Waals surface area contributed by atoms with E-state index in [9.17, 15) is 14.9 Å². The van der Waals surface area contributed by atoms with Crippen molar-refractivity contribution in [2.45, 2.75) is 18.9 Å². The van der Waals surface area contributed by atoms with Gasteiger partial charge in [-0.2, -0.15) is 0 Å². The molecule has 0 saturated carbocycles. The third kappa shape index (κ3) is 4.35. The predicted molar refractivity (Wildman–Crippen MR) is 112 cm³/mol. The van der Waals surface area contributed by atoms with Crippen LogP contribution < -0.4 is 10.6 Å². The number of nitro benzene ring substituents is 1. The first-order chi connectivity index (χ1) is 14.1. The monoisotopic (exact) mass is 391 g/mol. The van der Waals surface area contributed by atoms with E-state index in [0.717, 1.165) is 30.2 Å². The molecule has 1 atom stereocenters. The number of carbonyl (C=O) groups excluding carboxylic acids is 1. The van der Waals surface area contributed by atoms with Gasteiger partial charge in [0.1, 0.15) is 5.69 Å². The molecule has 1 fully saturated rings. The Kier molecular flexibility index (Phi) is 5.39. The maximum atomic E-state index is 12.6. The highest BCUT2D eigenvalue weighted by Crippen LogP contribution is 2.27. The number of nitrogens with one attached hydrogen (secondary N) is 2. The fourth-order valence-electron chi connectivity index (χ4n) is 3.47. The highest BCUT2D eigenvalue weighted by atomic mass is 16.6. The topological polar surface area (TPSA) is 93.5 Å². The van der Waals surface area contributed by atoms with Gasteiger partial charge in [-0.05, 0) is 47.9 Å². The first-order valence-electron chi connectivity index (χ1n) is 9.54. The standard InChI is InChI=1S/C22H21N3O4/c26-22(24-18-9-7-15-4-1-2-5-16(15)12-18)17-8-10-20(21(13-17)25(27)28)23-14-19-6-3-11-29-19/h1-2,4-5,7-10,12-13,19,23H,3,6,11,14H2,(H,24,26)/t19-/m0/s1. The summed E-state index contributed by atoms with van der Waals surface area (Å²) in [4.78, 5) is 23.6. The lowest BCUT2D eigenvalue weighted by Gasteiger charge is -2.13. The van der Waals surface area contributed by atoms with Gasteiger partial charge in [0.15, 0.2) is 0 Å². The summed E-state index contributed by atoms with van der Waals surface area (Å²) in [6.07, 6.45) is 2.00. The molecule has 1 aliphatic rings. The smallest absolute Gasteiger partial charge is 0.293 e. The molecular formula is C22H21N3O4. The lowest BCUT2D eigenvalue weighted by atomic mass is 10.1. The van der Waals surface area contributed by atoms with Crippen molar-refractivity contribution in [1.29, 1.82) is 0 Å². The van der Waals surface area contributed by atoms with E-state index < -0.39 is 10.8 Å². The molecule has 7 heteroatoms. The lowest BCUT2D eigenvalue weighted by Crippen LogP contribution is -2.19. The van der Waals surface area contributed by atoms with Crippen molar-refractivity contribution in [3.8, 4) is 0 Å². The van der Waals surface area contributed by atoms with E-state index in [1.807, 2.05) is 42.5 Å². The van der Waals surface area contributed by atoms with Crippen molar-refractivity contribution in [3.05, 3.63) is 76.3 Å². The van der Waals surface area contributed by atoms with Gasteiger partial charge in [0.05, 0.1) is 11.0 Å². The number of nitrogens with zero attached hydrogens (tertiary/aromatic N) is 1. The quantitative estimate of drug-likeness (QED) is 0.473. The minimum atomic E-state index is -0.482. The van der Waals surface area contributed by atoms with E-state index in [1.54, 1.807) is 12.1 Å². The number of benzene rings is 3. The van der Waals surface area contributed by atoms with Crippen LogP contribution in [0.3, 0.4) is 0 Å². The number of ether oxygens (including phenoxy) is 1. The van der Waals surface area contributed by atoms with E-state index in [-0.39, 0.29) is 17.4 Å². The average molecular weight is 391 g/mol. The summed E-state index contributed by atoms with van der Waals surface area (Å²) in [5.74, 6) is -0.394. The van der Waals surface area contributed by atoms with Crippen LogP contribution in [0.15, 0.2) is 60.7 Å². The number of amides is 1. The van der Waals surface area contributed by atoms with Crippen molar-refractivity contribution in [3.63, 3.8) is 0 Å². The number of fused-ring (bicyclic) bond motifs is 1. The normalized spacial score (nSPS) is 15.9. The Hall–Kier alpha value is -3.45. The third-order valence-electron chi connectivity index (χ3n) is 5.01. The van der Waals surface area contributed by atoms with Crippen LogP contribution in [0.25, 0.3) is 10.8 Å². The van der Waals surface area contributed by atoms with Gasteiger partial charge in [-0.1, -0.05) is 30.3 Å². The molecule has 0 radical (unpaired) electrons. The lowest BCUT2D eigenvalue weighted by molar-refractivity contribution is -0.384. The maximum absolute atomic E-state index is 12.6. The molecule has 2 N–H and O–H groups in total. The highest BCUT2D eigenvalue weighted by molar-refractivity contribution is 6.06. The Morgan fingerprint density at radius 1 is 1.10 bits per heavy atom. The van der Waals surface area contributed by atoms with Crippen LogP contribution in [0.2, 0.25) is 0 Å². The molecule has 0 unspecified atom stereocenters. The molecule has 1 saturated heterocycles. The van der Waals surface area contributed by atoms with Crippen molar-refractivity contribution in [2.75, 3.05) is 23.8 Å². The fraction of sp³-hybridized carbons (Fsp3) is 0.227. The minimum Gasteiger partial charge on any atom is -0.377 e. The van der Waals surface area contributed by atoms with Gasteiger partial charge in [0, 0.05) is 30.5 Å². The number of anilines is 2. The molecule has 3 aromatic rings. The van der Waals surface area contributed by atoms with Gasteiger partial charge in [0.25, 0.3) is 11.6 Å². The summed E-state index contributed by atoms with van der Waals surface area (Å²) >= 11 is 0. The summed E-state index contributed by atoms with van der Waals surface area (Å²) < 4.78 is 5.54. The summed E-state index contributed by atoms with van der Waals surface area (Å²) in [7, 11) is 0. The second-order valence-corrected chi connectivity index (χ2v) is 7.02. The van der Waals surface area contributed by atoms with E-state index in [0.29, 0.717) is 17.9 Å². The summed E-state index contributed by atoms with van der Waals surface area (Å²) in [6.45, 7) is 1.23. The van der Waals surface area contributed by atoms with Gasteiger partial charge < -0.3 is 15.4 Å². The summed E-state index contributed by atoms with van der Waals surface area (Å²) in [5, 5.41) is 19.5. The Labute approximate surface area is 167 Å². The number of hydrogen-bond acceptors (Lipinski definition) is 5. The van der Waals surface area contributed by atoms with Crippen molar-refractivity contribution in [1.82, 2.24) is 0 Å². The largest absolute Gasteiger partial charge is 0.377 e. The van der Waals surface area contributed by atoms with Crippen molar-refractivity contribution in [2.24, 2.45) is 0 Å². The maximum Gasteiger partial charge on any atom is 0.293 e. The molecule has 0 bridgehead atoms. The van der Waals surface area contributed by atoms with Crippen LogP contribution in [-0.2, 0) is 4.74 Å². The Bertz CT molecular complexity index is 1060. The molecule has 1 aliphatic heterocycles. The van der Waals surface area contributed by atoms with Crippen molar-refractivity contribution >= 4 is 33.7 Å². The molecule has 0 aliphatic carbocycles. The minimum absolute atomic E-state index is 0.0606. The molecular weight excluding hydrogens is 370 g/mol. The van der Waals surface area contributed by atoms with Crippen LogP contribution in [0.4, 0.5) is 17.1 Å². The first-order valence-corrected chi connectivity index (χ1v) is 9.54. The Morgan fingerprint density at radius 3 is 2.69 bits per heavy atom. The van der Waals surface area contributed by atoms with Crippen LogP contribution >= 0.6 is 0 Å². The summed E-state index contributed by atoms with van der Waals surface area (Å²) in [5.41, 5.74) is 1.12. The number of rotatable bonds is 6. The molecule has 7 nitrogen and oxygen atoms in total. The van der Waals surface area contributed by atoms with Crippen LogP contribution in [0.1, 0.15) is 23.2 Å². The van der Waals surface area contributed by atoms with E-state index in [4.69, 9.17) is 4.74 Å². The van der Waals surface area contributed by atoms with Gasteiger partial charge in [-0.3, -0.25) is 14.9 Å². The van der Waals surface area contributed by atoms with Crippen LogP contribution in [0.5, 0.6) is 0 Å². The molecule has 29 heavy (non-hydrogen) atoms. The van der Waals surface area contributed by atoms with E-state index in [1.165, 1.54) is 6.07 Å². The zero-order valence-electron chi connectivity index (χ0n) is 15.8. The van der Waals surface area contributed by atoms with Crippen LogP contribution in [0, 0.1) is 10.1 Å². The second kappa shape index (κ2) is 8.28. The second-order valence-electron chi connectivity index (χ2n) is 7.02. The van der Waals surface area contributed by atoms with Gasteiger partial charge >= 0.3 is 0 Å². The third-order valence-corrected chi connectivity index (χ3v) is 5.01. The Balaban J connectivity index is 1.51. The molecule has 1 amide bonds. The highest BCUT2D eigenvalue weighted by Gasteiger charge is 2.20. The van der Waals surface area contributed by atoms with Crippen LogP contribution in [-0.4, -0.2) is 30.1 Å². The van der Waals surface area contributed by atoms with E-state index in [2.05, 4.69) is 10.6 Å². The number of carbonyl (C=O) groups is 1. The zero-order valence-corrected chi connectivity index (χ0v) is 15.8. The summed E-state index contributed by atoms with van der Waals surface area (Å²) in [6, 6.07) is 17.9. The molecule has 4 rings (SSSR count). The fourth-order valence-corrected chi connectivity index (χ4v) is 3.47. The molecule has 3 aromatic carbocycles. The molecule has 1 heterocycles.